The molecule has 1 aromatic heterocycles. The molecule has 2 unspecified atom stereocenters. The number of rotatable bonds is 5. The first-order valence-corrected chi connectivity index (χ1v) is 8.97. The maximum Gasteiger partial charge on any atom is 0.106 e. The van der Waals surface area contributed by atoms with Gasteiger partial charge in [-0.05, 0) is 58.0 Å². The number of hydrogen-bond donors (Lipinski definition) is 2. The molecule has 1 aliphatic heterocycles. The van der Waals surface area contributed by atoms with Crippen molar-refractivity contribution in [2.24, 2.45) is 0 Å². The molecule has 2 N–H and O–H groups in total. The highest BCUT2D eigenvalue weighted by molar-refractivity contribution is 6.32. The van der Waals surface area contributed by atoms with Crippen molar-refractivity contribution in [1.29, 1.82) is 0 Å². The van der Waals surface area contributed by atoms with Crippen LogP contribution in [0.3, 0.4) is 0 Å². The van der Waals surface area contributed by atoms with Crippen LogP contribution in [-0.2, 0) is 16.8 Å². The third-order valence-electron chi connectivity index (χ3n) is 5.04. The van der Waals surface area contributed by atoms with E-state index in [4.69, 9.17) is 16.3 Å². The van der Waals surface area contributed by atoms with Crippen LogP contribution in [0.4, 0.5) is 0 Å². The molecule has 2 aromatic rings. The molecule has 2 atom stereocenters. The summed E-state index contributed by atoms with van der Waals surface area (Å²) in [6, 6.07) is 4.10. The van der Waals surface area contributed by atoms with Crippen LogP contribution in [0.1, 0.15) is 36.6 Å². The lowest BCUT2D eigenvalue weighted by Gasteiger charge is -2.40. The van der Waals surface area contributed by atoms with Crippen LogP contribution >= 0.6 is 11.6 Å². The molecule has 4 nitrogen and oxygen atoms in total. The third kappa shape index (κ3) is 3.08. The SMILES string of the molecule is Cc1c(Cl)ccc2c3c([nH]c12)C(C)(CCCO)OC(CN(C)C)C3. The molecule has 1 aliphatic rings. The van der Waals surface area contributed by atoms with E-state index in [9.17, 15) is 5.11 Å². The summed E-state index contributed by atoms with van der Waals surface area (Å²) in [6.07, 6.45) is 2.55. The number of hydrogen-bond acceptors (Lipinski definition) is 3. The van der Waals surface area contributed by atoms with Crippen LogP contribution < -0.4 is 0 Å². The zero-order valence-corrected chi connectivity index (χ0v) is 15.7. The average Bonchev–Trinajstić information content (AvgIpc) is 2.89. The first kappa shape index (κ1) is 17.7. The monoisotopic (exact) mass is 350 g/mol. The number of aromatic nitrogens is 1. The van der Waals surface area contributed by atoms with E-state index in [1.165, 1.54) is 10.9 Å². The highest BCUT2D eigenvalue weighted by atomic mass is 35.5. The Morgan fingerprint density at radius 1 is 1.42 bits per heavy atom. The van der Waals surface area contributed by atoms with Crippen molar-refractivity contribution < 1.29 is 9.84 Å². The van der Waals surface area contributed by atoms with Gasteiger partial charge in [-0.3, -0.25) is 0 Å². The Bertz CT molecular complexity index is 741. The second kappa shape index (κ2) is 6.68. The Morgan fingerprint density at radius 2 is 2.17 bits per heavy atom. The first-order valence-electron chi connectivity index (χ1n) is 8.59. The highest BCUT2D eigenvalue weighted by Gasteiger charge is 2.39. The standard InChI is InChI=1S/C19H27ClN2O2/c1-12-16(20)7-6-14-15-10-13(11-22(3)4)24-19(2,8-5-9-23)18(15)21-17(12)14/h6-7,13,21,23H,5,8-11H2,1-4H3. The number of aliphatic hydroxyl groups is 1. The van der Waals surface area contributed by atoms with Gasteiger partial charge in [0.25, 0.3) is 0 Å². The van der Waals surface area contributed by atoms with E-state index in [-0.39, 0.29) is 12.7 Å². The Kier molecular flexibility index (Phi) is 4.94. The van der Waals surface area contributed by atoms with Gasteiger partial charge in [-0.1, -0.05) is 17.7 Å². The smallest absolute Gasteiger partial charge is 0.106 e. The topological polar surface area (TPSA) is 48.5 Å². The van der Waals surface area contributed by atoms with E-state index in [2.05, 4.69) is 43.9 Å². The minimum atomic E-state index is -0.408. The second-order valence-corrected chi connectivity index (χ2v) is 7.74. The van der Waals surface area contributed by atoms with Crippen molar-refractivity contribution in [2.75, 3.05) is 27.2 Å². The number of H-pyrrole nitrogens is 1. The lowest BCUT2D eigenvalue weighted by Crippen LogP contribution is -2.42. The van der Waals surface area contributed by atoms with Crippen LogP contribution in [-0.4, -0.2) is 48.3 Å². The van der Waals surface area contributed by atoms with Crippen LogP contribution in [0.2, 0.25) is 5.02 Å². The maximum atomic E-state index is 9.30. The molecule has 0 amide bonds. The summed E-state index contributed by atoms with van der Waals surface area (Å²) in [5, 5.41) is 11.3. The number of nitrogens with one attached hydrogen (secondary N) is 1. The van der Waals surface area contributed by atoms with E-state index < -0.39 is 5.60 Å². The van der Waals surface area contributed by atoms with Crippen LogP contribution in [0, 0.1) is 6.92 Å². The Hall–Kier alpha value is -1.07. The number of halogens is 1. The predicted octanol–water partition coefficient (Wildman–Crippen LogP) is 3.62. The van der Waals surface area contributed by atoms with E-state index in [0.717, 1.165) is 47.6 Å². The van der Waals surface area contributed by atoms with Crippen molar-refractivity contribution in [3.8, 4) is 0 Å². The fourth-order valence-corrected chi connectivity index (χ4v) is 4.06. The lowest BCUT2D eigenvalue weighted by atomic mass is 9.86. The molecular formula is C19H27ClN2O2. The Labute approximate surface area is 148 Å². The number of aryl methyl sites for hydroxylation is 1. The molecule has 2 heterocycles. The molecular weight excluding hydrogens is 324 g/mol. The zero-order chi connectivity index (χ0) is 17.5. The molecule has 0 aliphatic carbocycles. The van der Waals surface area contributed by atoms with Crippen LogP contribution in [0.25, 0.3) is 10.9 Å². The fraction of sp³-hybridized carbons (Fsp3) is 0.579. The molecule has 0 saturated heterocycles. The van der Waals surface area contributed by atoms with Crippen molar-refractivity contribution in [3.63, 3.8) is 0 Å². The van der Waals surface area contributed by atoms with Crippen molar-refractivity contribution in [1.82, 2.24) is 9.88 Å². The van der Waals surface area contributed by atoms with Gasteiger partial charge in [0.2, 0.25) is 0 Å². The largest absolute Gasteiger partial charge is 0.396 e. The molecule has 0 bridgehead atoms. The summed E-state index contributed by atoms with van der Waals surface area (Å²) in [4.78, 5) is 5.76. The van der Waals surface area contributed by atoms with Crippen molar-refractivity contribution >= 4 is 22.5 Å². The van der Waals surface area contributed by atoms with E-state index in [1.807, 2.05) is 6.07 Å². The number of benzene rings is 1. The minimum absolute atomic E-state index is 0.145. The second-order valence-electron chi connectivity index (χ2n) is 7.34. The summed E-state index contributed by atoms with van der Waals surface area (Å²) in [5.41, 5.74) is 4.26. The van der Waals surface area contributed by atoms with Gasteiger partial charge in [-0.2, -0.15) is 0 Å². The lowest BCUT2D eigenvalue weighted by molar-refractivity contribution is -0.114. The number of nitrogens with zero attached hydrogens (tertiary/aromatic N) is 1. The van der Waals surface area contributed by atoms with E-state index in [0.29, 0.717) is 0 Å². The molecule has 1 aromatic carbocycles. The molecule has 24 heavy (non-hydrogen) atoms. The zero-order valence-electron chi connectivity index (χ0n) is 14.9. The Balaban J connectivity index is 2.12. The summed E-state index contributed by atoms with van der Waals surface area (Å²) in [6.45, 7) is 5.25. The van der Waals surface area contributed by atoms with Crippen molar-refractivity contribution in [3.05, 3.63) is 34.0 Å². The molecule has 0 spiro atoms. The molecule has 0 saturated carbocycles. The van der Waals surface area contributed by atoms with E-state index >= 15 is 0 Å². The normalized spacial score (nSPS) is 23.9. The van der Waals surface area contributed by atoms with Gasteiger partial charge in [-0.15, -0.1) is 0 Å². The number of ether oxygens (including phenoxy) is 1. The summed E-state index contributed by atoms with van der Waals surface area (Å²) in [5.74, 6) is 0. The molecule has 0 radical (unpaired) electrons. The van der Waals surface area contributed by atoms with Crippen LogP contribution in [0.5, 0.6) is 0 Å². The number of aromatic amines is 1. The quantitative estimate of drug-likeness (QED) is 0.865. The van der Waals surface area contributed by atoms with Gasteiger partial charge in [0.05, 0.1) is 17.3 Å². The predicted molar refractivity (Wildman–Crippen MR) is 98.8 cm³/mol. The van der Waals surface area contributed by atoms with Gasteiger partial charge < -0.3 is 19.7 Å². The van der Waals surface area contributed by atoms with Gasteiger partial charge in [-0.25, -0.2) is 0 Å². The molecule has 3 rings (SSSR count). The first-order chi connectivity index (χ1) is 11.4. The third-order valence-corrected chi connectivity index (χ3v) is 5.45. The number of likely N-dealkylation sites (N-methyl/N-ethyl adjacent to an activating group) is 1. The minimum Gasteiger partial charge on any atom is -0.396 e. The maximum absolute atomic E-state index is 9.30. The number of fused-ring (bicyclic) bond motifs is 3. The summed E-state index contributed by atoms with van der Waals surface area (Å²) in [7, 11) is 4.15. The average molecular weight is 351 g/mol. The molecule has 0 fully saturated rings. The highest BCUT2D eigenvalue weighted by Crippen LogP contribution is 2.43. The van der Waals surface area contributed by atoms with Gasteiger partial charge in [0, 0.05) is 30.0 Å². The van der Waals surface area contributed by atoms with E-state index in [1.54, 1.807) is 0 Å². The number of aliphatic hydroxyl groups excluding tert-OH is 1. The van der Waals surface area contributed by atoms with Crippen molar-refractivity contribution in [2.45, 2.75) is 44.8 Å². The van der Waals surface area contributed by atoms with Crippen LogP contribution in [0.15, 0.2) is 12.1 Å². The molecule has 5 heteroatoms. The molecule has 132 valence electrons. The van der Waals surface area contributed by atoms with Gasteiger partial charge in [0.1, 0.15) is 5.60 Å². The fourth-order valence-electron chi connectivity index (χ4n) is 3.90. The van der Waals surface area contributed by atoms with Gasteiger partial charge >= 0.3 is 0 Å². The Morgan fingerprint density at radius 3 is 2.83 bits per heavy atom. The summed E-state index contributed by atoms with van der Waals surface area (Å²) >= 11 is 6.31. The van der Waals surface area contributed by atoms with Gasteiger partial charge in [0.15, 0.2) is 0 Å². The summed E-state index contributed by atoms with van der Waals surface area (Å²) < 4.78 is 6.50.